The quantitative estimate of drug-likeness (QED) is 0.815. The van der Waals surface area contributed by atoms with Gasteiger partial charge < -0.3 is 0 Å². The van der Waals surface area contributed by atoms with Crippen LogP contribution in [0.25, 0.3) is 0 Å². The molecule has 18 heavy (non-hydrogen) atoms. The molecule has 1 aliphatic rings. The largest absolute Gasteiger partial charge is 0.291 e. The van der Waals surface area contributed by atoms with Crippen molar-refractivity contribution in [1.29, 1.82) is 0 Å². The number of aromatic nitrogens is 4. The fourth-order valence-corrected chi connectivity index (χ4v) is 2.45. The summed E-state index contributed by atoms with van der Waals surface area (Å²) in [5, 5.41) is 17.6. The molecule has 1 aromatic carbocycles. The number of benzene rings is 1. The van der Waals surface area contributed by atoms with Crippen LogP contribution in [0.1, 0.15) is 17.6 Å². The summed E-state index contributed by atoms with van der Waals surface area (Å²) >= 11 is 0. The molecule has 1 aromatic heterocycles. The van der Waals surface area contributed by atoms with Gasteiger partial charge in [0.1, 0.15) is 6.17 Å². The van der Waals surface area contributed by atoms with Crippen LogP contribution in [0.5, 0.6) is 0 Å². The van der Waals surface area contributed by atoms with Crippen molar-refractivity contribution in [3.8, 4) is 0 Å². The maximum Gasteiger partial charge on any atom is 0.180 e. The second-order valence-corrected chi connectivity index (χ2v) is 4.68. The average Bonchev–Trinajstić information content (AvgIpc) is 3.00. The van der Waals surface area contributed by atoms with Crippen LogP contribution in [0.4, 0.5) is 0 Å². The number of aromatic amines is 1. The number of nitrogens with zero attached hydrogens (tertiary/aromatic N) is 4. The van der Waals surface area contributed by atoms with Gasteiger partial charge in [0.25, 0.3) is 0 Å². The second-order valence-electron chi connectivity index (χ2n) is 4.68. The van der Waals surface area contributed by atoms with E-state index in [1.165, 1.54) is 5.56 Å². The van der Waals surface area contributed by atoms with E-state index in [4.69, 9.17) is 0 Å². The Morgan fingerprint density at radius 3 is 2.89 bits per heavy atom. The zero-order valence-corrected chi connectivity index (χ0v) is 10.2. The molecule has 0 saturated carbocycles. The first-order chi connectivity index (χ1) is 8.83. The first-order valence-corrected chi connectivity index (χ1v) is 6.07. The van der Waals surface area contributed by atoms with Gasteiger partial charge in [0.05, 0.1) is 0 Å². The van der Waals surface area contributed by atoms with Crippen LogP contribution >= 0.6 is 0 Å². The Morgan fingerprint density at radius 2 is 2.17 bits per heavy atom. The van der Waals surface area contributed by atoms with E-state index in [1.807, 2.05) is 6.07 Å². The Morgan fingerprint density at radius 1 is 1.33 bits per heavy atom. The lowest BCUT2D eigenvalue weighted by atomic mass is 10.1. The highest BCUT2D eigenvalue weighted by molar-refractivity contribution is 5.16. The highest BCUT2D eigenvalue weighted by atomic mass is 15.5. The van der Waals surface area contributed by atoms with Gasteiger partial charge in [-0.15, -0.1) is 5.10 Å². The van der Waals surface area contributed by atoms with Crippen LogP contribution in [0.3, 0.4) is 0 Å². The summed E-state index contributed by atoms with van der Waals surface area (Å²) in [6.07, 6.45) is 1.09. The van der Waals surface area contributed by atoms with Crippen LogP contribution in [0.15, 0.2) is 30.3 Å². The molecule has 1 aliphatic heterocycles. The first-order valence-electron chi connectivity index (χ1n) is 6.07. The van der Waals surface area contributed by atoms with Crippen LogP contribution < -0.4 is 5.32 Å². The Labute approximate surface area is 105 Å². The fourth-order valence-electron chi connectivity index (χ4n) is 2.45. The summed E-state index contributed by atoms with van der Waals surface area (Å²) < 4.78 is 0. The summed E-state index contributed by atoms with van der Waals surface area (Å²) in [7, 11) is 2.07. The van der Waals surface area contributed by atoms with Crippen molar-refractivity contribution >= 4 is 0 Å². The third kappa shape index (κ3) is 2.25. The van der Waals surface area contributed by atoms with Gasteiger partial charge in [-0.1, -0.05) is 30.3 Å². The normalized spacial score (nSPS) is 24.5. The predicted octanol–water partition coefficient (Wildman–Crippen LogP) is 0.345. The van der Waals surface area contributed by atoms with Crippen LogP contribution in [0.2, 0.25) is 0 Å². The Balaban J connectivity index is 1.67. The minimum Gasteiger partial charge on any atom is -0.291 e. The molecule has 0 bridgehead atoms. The highest BCUT2D eigenvalue weighted by Crippen LogP contribution is 2.20. The lowest BCUT2D eigenvalue weighted by Gasteiger charge is -2.14. The zero-order valence-electron chi connectivity index (χ0n) is 10.2. The third-order valence-corrected chi connectivity index (χ3v) is 3.29. The molecule has 2 aromatic rings. The molecule has 0 aliphatic carbocycles. The van der Waals surface area contributed by atoms with Crippen molar-refractivity contribution in [3.05, 3.63) is 41.7 Å². The Kier molecular flexibility index (Phi) is 3.04. The van der Waals surface area contributed by atoms with Crippen molar-refractivity contribution in [2.45, 2.75) is 18.6 Å². The van der Waals surface area contributed by atoms with Crippen molar-refractivity contribution in [2.24, 2.45) is 0 Å². The summed E-state index contributed by atoms with van der Waals surface area (Å²) in [4.78, 5) is 2.22. The SMILES string of the molecule is CN1C[C@@H](Cc2ccccc2)NC1c1nnn[nH]1. The average molecular weight is 244 g/mol. The number of likely N-dealkylation sites (N-methyl/N-ethyl adjacent to an activating group) is 1. The van der Waals surface area contributed by atoms with Gasteiger partial charge in [0.15, 0.2) is 5.82 Å². The Hall–Kier alpha value is -1.79. The topological polar surface area (TPSA) is 69.7 Å². The number of nitrogens with one attached hydrogen (secondary N) is 2. The van der Waals surface area contributed by atoms with Gasteiger partial charge in [0.2, 0.25) is 0 Å². The molecule has 1 unspecified atom stereocenters. The molecule has 0 spiro atoms. The van der Waals surface area contributed by atoms with Crippen molar-refractivity contribution < 1.29 is 0 Å². The Bertz CT molecular complexity index is 483. The van der Waals surface area contributed by atoms with Crippen LogP contribution in [0, 0.1) is 0 Å². The van der Waals surface area contributed by atoms with Gasteiger partial charge in [-0.05, 0) is 29.5 Å². The molecule has 2 N–H and O–H groups in total. The summed E-state index contributed by atoms with van der Waals surface area (Å²) in [6.45, 7) is 0.986. The highest BCUT2D eigenvalue weighted by Gasteiger charge is 2.31. The standard InChI is InChI=1S/C12H16N6/c1-18-8-10(7-9-5-3-2-4-6-9)13-12(18)11-14-16-17-15-11/h2-6,10,12-13H,7-8H2,1H3,(H,14,15,16,17)/t10-,12?/m1/s1. The van der Waals surface area contributed by atoms with E-state index in [9.17, 15) is 0 Å². The number of hydrogen-bond donors (Lipinski definition) is 2. The monoisotopic (exact) mass is 244 g/mol. The summed E-state index contributed by atoms with van der Waals surface area (Å²) in [5.74, 6) is 0.771. The third-order valence-electron chi connectivity index (χ3n) is 3.29. The molecular weight excluding hydrogens is 228 g/mol. The number of tetrazole rings is 1. The van der Waals surface area contributed by atoms with Crippen molar-refractivity contribution in [1.82, 2.24) is 30.8 Å². The molecule has 0 radical (unpaired) electrons. The minimum absolute atomic E-state index is 0.0775. The first kappa shape index (κ1) is 11.3. The van der Waals surface area contributed by atoms with Crippen molar-refractivity contribution in [3.63, 3.8) is 0 Å². The van der Waals surface area contributed by atoms with E-state index >= 15 is 0 Å². The molecule has 2 heterocycles. The number of rotatable bonds is 3. The lowest BCUT2D eigenvalue weighted by molar-refractivity contribution is 0.289. The van der Waals surface area contributed by atoms with E-state index < -0.39 is 0 Å². The van der Waals surface area contributed by atoms with Gasteiger partial charge >= 0.3 is 0 Å². The van der Waals surface area contributed by atoms with Gasteiger partial charge in [-0.2, -0.15) is 0 Å². The number of H-pyrrole nitrogens is 1. The maximum atomic E-state index is 3.97. The van der Waals surface area contributed by atoms with E-state index in [0.29, 0.717) is 6.04 Å². The maximum absolute atomic E-state index is 3.97. The van der Waals surface area contributed by atoms with Gasteiger partial charge in [-0.25, -0.2) is 5.10 Å². The summed E-state index contributed by atoms with van der Waals surface area (Å²) in [6, 6.07) is 10.9. The molecule has 3 rings (SSSR count). The van der Waals surface area contributed by atoms with E-state index in [0.717, 1.165) is 18.8 Å². The molecule has 2 atom stereocenters. The molecular formula is C12H16N6. The lowest BCUT2D eigenvalue weighted by Crippen LogP contribution is -2.29. The number of hydrogen-bond acceptors (Lipinski definition) is 5. The predicted molar refractivity (Wildman–Crippen MR) is 66.6 cm³/mol. The van der Waals surface area contributed by atoms with E-state index in [2.05, 4.69) is 62.2 Å². The van der Waals surface area contributed by atoms with Crippen molar-refractivity contribution in [2.75, 3.05) is 13.6 Å². The fraction of sp³-hybridized carbons (Fsp3) is 0.417. The minimum atomic E-state index is 0.0775. The molecule has 6 heteroatoms. The molecule has 1 fully saturated rings. The molecule has 1 saturated heterocycles. The molecule has 94 valence electrons. The van der Waals surface area contributed by atoms with Crippen LogP contribution in [-0.4, -0.2) is 45.2 Å². The zero-order chi connectivity index (χ0) is 12.4. The van der Waals surface area contributed by atoms with E-state index in [-0.39, 0.29) is 6.17 Å². The molecule has 0 amide bonds. The van der Waals surface area contributed by atoms with Gasteiger partial charge in [-0.3, -0.25) is 10.2 Å². The second kappa shape index (κ2) is 4.83. The van der Waals surface area contributed by atoms with Gasteiger partial charge in [0, 0.05) is 12.6 Å². The molecule has 6 nitrogen and oxygen atoms in total. The summed E-state index contributed by atoms with van der Waals surface area (Å²) in [5.41, 5.74) is 1.35. The smallest absolute Gasteiger partial charge is 0.180 e. The van der Waals surface area contributed by atoms with E-state index in [1.54, 1.807) is 0 Å². The van der Waals surface area contributed by atoms with Crippen LogP contribution in [-0.2, 0) is 6.42 Å².